The van der Waals surface area contributed by atoms with Crippen LogP contribution >= 0.6 is 23.4 Å². The summed E-state index contributed by atoms with van der Waals surface area (Å²) in [4.78, 5) is 22.6. The molecule has 3 aromatic rings. The highest BCUT2D eigenvalue weighted by molar-refractivity contribution is 7.99. The van der Waals surface area contributed by atoms with E-state index in [-0.39, 0.29) is 22.3 Å². The fourth-order valence-electron chi connectivity index (χ4n) is 2.05. The second-order valence-corrected chi connectivity index (χ2v) is 6.41. The molecule has 0 fully saturated rings. The van der Waals surface area contributed by atoms with Crippen LogP contribution in [0.25, 0.3) is 11.5 Å². The van der Waals surface area contributed by atoms with Gasteiger partial charge in [0.25, 0.3) is 10.9 Å². The normalized spacial score (nSPS) is 10.6. The number of hydrogen-bond acceptors (Lipinski definition) is 7. The number of hydrogen-bond donors (Lipinski definition) is 0. The van der Waals surface area contributed by atoms with Crippen LogP contribution in [0.1, 0.15) is 17.3 Å². The van der Waals surface area contributed by atoms with Crippen LogP contribution in [0, 0.1) is 10.1 Å². The molecule has 25 heavy (non-hydrogen) atoms. The van der Waals surface area contributed by atoms with E-state index < -0.39 is 4.92 Å². The Morgan fingerprint density at radius 2 is 1.92 bits per heavy atom. The van der Waals surface area contributed by atoms with Gasteiger partial charge in [-0.3, -0.25) is 14.9 Å². The van der Waals surface area contributed by atoms with Crippen LogP contribution in [0.2, 0.25) is 5.02 Å². The van der Waals surface area contributed by atoms with E-state index in [2.05, 4.69) is 10.2 Å². The number of non-ortho nitro benzene ring substituents is 1. The number of rotatable bonds is 5. The molecule has 3 rings (SSSR count). The molecule has 0 aliphatic carbocycles. The lowest BCUT2D eigenvalue weighted by Crippen LogP contribution is -1.98. The summed E-state index contributed by atoms with van der Waals surface area (Å²) in [6.45, 7) is 1.34. The molecule has 0 spiro atoms. The van der Waals surface area contributed by atoms with Crippen LogP contribution in [0.5, 0.6) is 0 Å². The van der Waals surface area contributed by atoms with Crippen molar-refractivity contribution >= 4 is 34.8 Å². The molecule has 0 saturated heterocycles. The minimum Gasteiger partial charge on any atom is -0.411 e. The molecule has 0 N–H and O–H groups in total. The lowest BCUT2D eigenvalue weighted by atomic mass is 10.1. The number of halogens is 1. The number of carbonyl (C=O) groups is 1. The zero-order valence-corrected chi connectivity index (χ0v) is 14.4. The molecule has 0 bridgehead atoms. The predicted molar refractivity (Wildman–Crippen MR) is 92.0 cm³/mol. The Bertz CT molecular complexity index is 956. The summed E-state index contributed by atoms with van der Waals surface area (Å²) in [5.74, 6) is 0.0223. The van der Waals surface area contributed by atoms with Crippen LogP contribution in [-0.2, 0) is 0 Å². The molecule has 1 aromatic heterocycles. The number of carbonyl (C=O) groups excluding carboxylic acids is 1. The predicted octanol–water partition coefficient (Wildman–Crippen LogP) is 4.65. The number of nitro groups is 1. The van der Waals surface area contributed by atoms with Crippen LogP contribution < -0.4 is 0 Å². The fraction of sp³-hybridized carbons (Fsp3) is 0.0625. The molecule has 0 radical (unpaired) electrons. The lowest BCUT2D eigenvalue weighted by Gasteiger charge is -2.03. The number of Topliss-reactive ketones (excluding diaryl/α,β-unsaturated/α-hetero) is 1. The summed E-state index contributed by atoms with van der Waals surface area (Å²) in [5.41, 5.74) is 0.784. The standard InChI is InChI=1S/C16H10ClN3O4S/c1-9(21)13-8-12(20(22)23)6-7-14(13)25-16-19-18-15(24-16)10-2-4-11(17)5-3-10/h2-8H,1H3. The van der Waals surface area contributed by atoms with Crippen molar-refractivity contribution in [3.05, 3.63) is 63.2 Å². The minimum absolute atomic E-state index is 0.151. The molecule has 1 heterocycles. The quantitative estimate of drug-likeness (QED) is 0.363. The summed E-state index contributed by atoms with van der Waals surface area (Å²) < 4.78 is 5.58. The number of ketones is 1. The van der Waals surface area contributed by atoms with Gasteiger partial charge in [0.2, 0.25) is 5.89 Å². The highest BCUT2D eigenvalue weighted by Gasteiger charge is 2.17. The summed E-state index contributed by atoms with van der Waals surface area (Å²) >= 11 is 6.91. The maximum absolute atomic E-state index is 11.8. The van der Waals surface area contributed by atoms with Crippen molar-refractivity contribution in [1.29, 1.82) is 0 Å². The van der Waals surface area contributed by atoms with Gasteiger partial charge < -0.3 is 4.42 Å². The Morgan fingerprint density at radius 3 is 2.56 bits per heavy atom. The molecular formula is C16H10ClN3O4S. The van der Waals surface area contributed by atoms with Crippen molar-refractivity contribution in [3.63, 3.8) is 0 Å². The van der Waals surface area contributed by atoms with E-state index in [1.54, 1.807) is 24.3 Å². The highest BCUT2D eigenvalue weighted by atomic mass is 35.5. The molecule has 0 aliphatic heterocycles. The number of nitrogens with zero attached hydrogens (tertiary/aromatic N) is 3. The average Bonchev–Trinajstić information content (AvgIpc) is 3.04. The first-order valence-corrected chi connectivity index (χ1v) is 8.20. The zero-order valence-electron chi connectivity index (χ0n) is 12.8. The van der Waals surface area contributed by atoms with Crippen molar-refractivity contribution in [2.45, 2.75) is 17.0 Å². The molecule has 9 heteroatoms. The van der Waals surface area contributed by atoms with Gasteiger partial charge in [-0.1, -0.05) is 11.6 Å². The summed E-state index contributed by atoms with van der Waals surface area (Å²) in [6, 6.07) is 11.0. The van der Waals surface area contributed by atoms with E-state index in [9.17, 15) is 14.9 Å². The molecule has 0 unspecified atom stereocenters. The number of nitro benzene ring substituents is 1. The van der Waals surface area contributed by atoms with E-state index in [0.717, 1.165) is 11.8 Å². The van der Waals surface area contributed by atoms with Gasteiger partial charge in [0.1, 0.15) is 0 Å². The van der Waals surface area contributed by atoms with Crippen LogP contribution in [0.3, 0.4) is 0 Å². The SMILES string of the molecule is CC(=O)c1cc([N+](=O)[O-])ccc1Sc1nnc(-c2ccc(Cl)cc2)o1. The van der Waals surface area contributed by atoms with Gasteiger partial charge in [0.15, 0.2) is 5.78 Å². The molecular weight excluding hydrogens is 366 g/mol. The first-order valence-electron chi connectivity index (χ1n) is 7.00. The number of benzene rings is 2. The van der Waals surface area contributed by atoms with Crippen molar-refractivity contribution < 1.29 is 14.1 Å². The summed E-state index contributed by atoms with van der Waals surface area (Å²) in [5, 5.41) is 19.6. The van der Waals surface area contributed by atoms with E-state index >= 15 is 0 Å². The Morgan fingerprint density at radius 1 is 1.20 bits per heavy atom. The molecule has 0 amide bonds. The van der Waals surface area contributed by atoms with Crippen molar-refractivity contribution in [2.75, 3.05) is 0 Å². The van der Waals surface area contributed by atoms with Crippen molar-refractivity contribution in [3.8, 4) is 11.5 Å². The first-order chi connectivity index (χ1) is 11.9. The maximum Gasteiger partial charge on any atom is 0.281 e. The zero-order chi connectivity index (χ0) is 18.0. The van der Waals surface area contributed by atoms with E-state index in [1.165, 1.54) is 25.1 Å². The third-order valence-electron chi connectivity index (χ3n) is 3.25. The van der Waals surface area contributed by atoms with Crippen molar-refractivity contribution in [1.82, 2.24) is 10.2 Å². The Labute approximate surface area is 151 Å². The van der Waals surface area contributed by atoms with E-state index in [4.69, 9.17) is 16.0 Å². The second-order valence-electron chi connectivity index (χ2n) is 4.98. The lowest BCUT2D eigenvalue weighted by molar-refractivity contribution is -0.384. The molecule has 0 saturated carbocycles. The van der Waals surface area contributed by atoms with Gasteiger partial charge in [-0.05, 0) is 49.0 Å². The molecule has 7 nitrogen and oxygen atoms in total. The van der Waals surface area contributed by atoms with Gasteiger partial charge in [0, 0.05) is 33.2 Å². The second kappa shape index (κ2) is 7.04. The molecule has 126 valence electrons. The average molecular weight is 376 g/mol. The van der Waals surface area contributed by atoms with Gasteiger partial charge in [-0.2, -0.15) is 0 Å². The third kappa shape index (κ3) is 3.86. The summed E-state index contributed by atoms with van der Waals surface area (Å²) in [6.07, 6.45) is 0. The Balaban J connectivity index is 1.89. The Hall–Kier alpha value is -2.71. The fourth-order valence-corrected chi connectivity index (χ4v) is 3.01. The van der Waals surface area contributed by atoms with Gasteiger partial charge in [-0.25, -0.2) is 0 Å². The molecule has 0 aliphatic rings. The largest absolute Gasteiger partial charge is 0.411 e. The smallest absolute Gasteiger partial charge is 0.281 e. The van der Waals surface area contributed by atoms with E-state index in [1.807, 2.05) is 0 Å². The van der Waals surface area contributed by atoms with Crippen LogP contribution in [0.4, 0.5) is 5.69 Å². The van der Waals surface area contributed by atoms with Gasteiger partial charge >= 0.3 is 0 Å². The highest BCUT2D eigenvalue weighted by Crippen LogP contribution is 2.33. The molecule has 0 atom stereocenters. The van der Waals surface area contributed by atoms with Gasteiger partial charge in [0.05, 0.1) is 4.92 Å². The third-order valence-corrected chi connectivity index (χ3v) is 4.42. The maximum atomic E-state index is 11.8. The monoisotopic (exact) mass is 375 g/mol. The Kier molecular flexibility index (Phi) is 4.82. The molecule has 2 aromatic carbocycles. The van der Waals surface area contributed by atoms with Crippen LogP contribution in [-0.4, -0.2) is 20.9 Å². The topological polar surface area (TPSA) is 99.1 Å². The first kappa shape index (κ1) is 17.1. The van der Waals surface area contributed by atoms with Crippen LogP contribution in [0.15, 0.2) is 57.0 Å². The number of aromatic nitrogens is 2. The summed E-state index contributed by atoms with van der Waals surface area (Å²) in [7, 11) is 0. The minimum atomic E-state index is -0.549. The van der Waals surface area contributed by atoms with Crippen molar-refractivity contribution in [2.24, 2.45) is 0 Å². The van der Waals surface area contributed by atoms with Gasteiger partial charge in [-0.15, -0.1) is 10.2 Å². The van der Waals surface area contributed by atoms with E-state index in [0.29, 0.717) is 21.4 Å².